The largest absolute Gasteiger partial charge is 0.349 e. The number of hydrogen-bond donors (Lipinski definition) is 1. The Labute approximate surface area is 181 Å². The highest BCUT2D eigenvalue weighted by Gasteiger charge is 2.22. The van der Waals surface area contributed by atoms with Crippen LogP contribution in [-0.2, 0) is 11.3 Å². The van der Waals surface area contributed by atoms with Gasteiger partial charge in [-0.15, -0.1) is 10.2 Å². The van der Waals surface area contributed by atoms with Crippen molar-refractivity contribution in [3.63, 3.8) is 0 Å². The number of carbonyl (C=O) groups is 1. The minimum Gasteiger partial charge on any atom is -0.349 e. The maximum Gasteiger partial charge on any atom is 0.233 e. The number of nitrogens with one attached hydrogen (secondary N) is 1. The zero-order valence-electron chi connectivity index (χ0n) is 17.7. The zero-order chi connectivity index (χ0) is 21.7. The Morgan fingerprint density at radius 2 is 1.90 bits per heavy atom. The van der Waals surface area contributed by atoms with Crippen molar-refractivity contribution in [2.75, 3.05) is 0 Å². The van der Waals surface area contributed by atoms with Gasteiger partial charge < -0.3 is 9.88 Å². The Hall–Kier alpha value is -2.67. The smallest absolute Gasteiger partial charge is 0.233 e. The highest BCUT2D eigenvalue weighted by molar-refractivity contribution is 8.00. The van der Waals surface area contributed by atoms with E-state index in [2.05, 4.69) is 33.1 Å². The van der Waals surface area contributed by atoms with E-state index in [-0.39, 0.29) is 23.0 Å². The maximum atomic E-state index is 13.1. The number of thioether (sulfide) groups is 1. The first-order valence-corrected chi connectivity index (χ1v) is 11.0. The van der Waals surface area contributed by atoms with Crippen LogP contribution in [-0.4, -0.2) is 25.9 Å². The molecule has 2 atom stereocenters. The molecule has 0 aliphatic heterocycles. The fourth-order valence-electron chi connectivity index (χ4n) is 3.18. The number of nitrogens with zero attached hydrogens (tertiary/aromatic N) is 3. The van der Waals surface area contributed by atoms with Crippen LogP contribution in [0.3, 0.4) is 0 Å². The number of aromatic nitrogens is 3. The van der Waals surface area contributed by atoms with Crippen molar-refractivity contribution in [3.8, 4) is 11.4 Å². The second-order valence-corrected chi connectivity index (χ2v) is 8.68. The Morgan fingerprint density at radius 1 is 1.17 bits per heavy atom. The third kappa shape index (κ3) is 5.27. The van der Waals surface area contributed by atoms with Crippen LogP contribution in [0.4, 0.5) is 4.39 Å². The number of aryl methyl sites for hydroxylation is 1. The Bertz CT molecular complexity index is 1000. The third-order valence-corrected chi connectivity index (χ3v) is 5.90. The topological polar surface area (TPSA) is 59.8 Å². The van der Waals surface area contributed by atoms with Crippen molar-refractivity contribution < 1.29 is 9.18 Å². The van der Waals surface area contributed by atoms with Crippen LogP contribution in [0.5, 0.6) is 0 Å². The average Bonchev–Trinajstić information content (AvgIpc) is 3.11. The van der Waals surface area contributed by atoms with E-state index in [9.17, 15) is 9.18 Å². The van der Waals surface area contributed by atoms with E-state index in [4.69, 9.17) is 0 Å². The van der Waals surface area contributed by atoms with Crippen LogP contribution >= 0.6 is 11.8 Å². The lowest BCUT2D eigenvalue weighted by atomic mass is 10.1. The van der Waals surface area contributed by atoms with E-state index in [1.807, 2.05) is 39.0 Å². The first-order valence-electron chi connectivity index (χ1n) is 10.1. The molecule has 3 rings (SSSR count). The van der Waals surface area contributed by atoms with Crippen LogP contribution in [0, 0.1) is 12.7 Å². The molecule has 2 aromatic carbocycles. The van der Waals surface area contributed by atoms with Gasteiger partial charge in [-0.1, -0.05) is 54.6 Å². The predicted molar refractivity (Wildman–Crippen MR) is 119 cm³/mol. The molecule has 1 heterocycles. The maximum absolute atomic E-state index is 13.1. The van der Waals surface area contributed by atoms with Crippen molar-refractivity contribution in [1.29, 1.82) is 0 Å². The van der Waals surface area contributed by atoms with Gasteiger partial charge in [0.2, 0.25) is 5.91 Å². The van der Waals surface area contributed by atoms with Gasteiger partial charge in [0, 0.05) is 12.1 Å². The second kappa shape index (κ2) is 9.89. The molecule has 0 fully saturated rings. The van der Waals surface area contributed by atoms with Gasteiger partial charge in [-0.3, -0.25) is 4.79 Å². The zero-order valence-corrected chi connectivity index (χ0v) is 18.5. The average molecular weight is 427 g/mol. The van der Waals surface area contributed by atoms with Crippen LogP contribution in [0.2, 0.25) is 0 Å². The summed E-state index contributed by atoms with van der Waals surface area (Å²) >= 11 is 1.39. The van der Waals surface area contributed by atoms with Crippen molar-refractivity contribution in [1.82, 2.24) is 20.1 Å². The summed E-state index contributed by atoms with van der Waals surface area (Å²) in [7, 11) is 0. The molecule has 1 aromatic heterocycles. The predicted octanol–water partition coefficient (Wildman–Crippen LogP) is 5.16. The van der Waals surface area contributed by atoms with Gasteiger partial charge in [0.25, 0.3) is 0 Å². The SMILES string of the molecule is CCCn1c(S[C@H](C)C(=O)N[C@@H](C)c2ccc(F)cc2)nnc1-c1cccc(C)c1. The molecule has 1 amide bonds. The van der Waals surface area contributed by atoms with Gasteiger partial charge in [-0.2, -0.15) is 0 Å². The van der Waals surface area contributed by atoms with Crippen molar-refractivity contribution in [2.45, 2.75) is 57.1 Å². The summed E-state index contributed by atoms with van der Waals surface area (Å²) in [5.41, 5.74) is 3.04. The number of hydrogen-bond acceptors (Lipinski definition) is 4. The van der Waals surface area contributed by atoms with Crippen LogP contribution in [0.25, 0.3) is 11.4 Å². The van der Waals surface area contributed by atoms with E-state index in [0.29, 0.717) is 0 Å². The van der Waals surface area contributed by atoms with Crippen LogP contribution in [0.15, 0.2) is 53.7 Å². The lowest BCUT2D eigenvalue weighted by Gasteiger charge is -2.18. The highest BCUT2D eigenvalue weighted by Crippen LogP contribution is 2.28. The minimum absolute atomic E-state index is 0.0972. The second-order valence-electron chi connectivity index (χ2n) is 7.37. The lowest BCUT2D eigenvalue weighted by Crippen LogP contribution is -2.33. The Kier molecular flexibility index (Phi) is 7.26. The molecule has 30 heavy (non-hydrogen) atoms. The van der Waals surface area contributed by atoms with Crippen molar-refractivity contribution >= 4 is 17.7 Å². The first kappa shape index (κ1) is 22.0. The van der Waals surface area contributed by atoms with Gasteiger partial charge in [0.1, 0.15) is 5.82 Å². The number of carbonyl (C=O) groups excluding carboxylic acids is 1. The standard InChI is InChI=1S/C23H27FN4OS/c1-5-13-28-21(19-8-6-7-15(2)14-19)26-27-23(28)30-17(4)22(29)25-16(3)18-9-11-20(24)12-10-18/h6-12,14,16-17H,5,13H2,1-4H3,(H,25,29)/t16-,17+/m0/s1. The molecule has 0 radical (unpaired) electrons. The van der Waals surface area contributed by atoms with Crippen LogP contribution in [0.1, 0.15) is 44.4 Å². The summed E-state index contributed by atoms with van der Waals surface area (Å²) in [5, 5.41) is 12.1. The molecule has 0 spiro atoms. The van der Waals surface area contributed by atoms with E-state index < -0.39 is 0 Å². The third-order valence-electron chi connectivity index (χ3n) is 4.82. The normalized spacial score (nSPS) is 13.1. The van der Waals surface area contributed by atoms with Crippen LogP contribution < -0.4 is 5.32 Å². The fourth-order valence-corrected chi connectivity index (χ4v) is 4.06. The fraction of sp³-hybridized carbons (Fsp3) is 0.348. The highest BCUT2D eigenvalue weighted by atomic mass is 32.2. The number of benzene rings is 2. The molecule has 5 nitrogen and oxygen atoms in total. The first-order chi connectivity index (χ1) is 14.4. The molecule has 158 valence electrons. The van der Waals surface area contributed by atoms with E-state index in [1.54, 1.807) is 12.1 Å². The summed E-state index contributed by atoms with van der Waals surface area (Å²) in [6.45, 7) is 8.68. The van der Waals surface area contributed by atoms with Gasteiger partial charge >= 0.3 is 0 Å². The summed E-state index contributed by atoms with van der Waals surface area (Å²) in [6, 6.07) is 14.1. The molecule has 1 N–H and O–H groups in total. The minimum atomic E-state index is -0.349. The molecule has 0 unspecified atom stereocenters. The number of rotatable bonds is 8. The monoisotopic (exact) mass is 426 g/mol. The molecule has 0 bridgehead atoms. The summed E-state index contributed by atoms with van der Waals surface area (Å²) in [4.78, 5) is 12.7. The molecule has 0 saturated carbocycles. The summed E-state index contributed by atoms with van der Waals surface area (Å²) in [6.07, 6.45) is 0.937. The lowest BCUT2D eigenvalue weighted by molar-refractivity contribution is -0.120. The van der Waals surface area contributed by atoms with Crippen molar-refractivity contribution in [2.24, 2.45) is 0 Å². The molecule has 7 heteroatoms. The summed E-state index contributed by atoms with van der Waals surface area (Å²) in [5.74, 6) is 0.427. The molecule has 3 aromatic rings. The number of amides is 1. The molecular weight excluding hydrogens is 399 g/mol. The Morgan fingerprint density at radius 3 is 2.57 bits per heavy atom. The van der Waals surface area contributed by atoms with E-state index >= 15 is 0 Å². The van der Waals surface area contributed by atoms with Crippen molar-refractivity contribution in [3.05, 3.63) is 65.5 Å². The molecule has 0 aliphatic carbocycles. The van der Waals surface area contributed by atoms with Gasteiger partial charge in [-0.05, 0) is 51.0 Å². The number of halogens is 1. The van der Waals surface area contributed by atoms with Gasteiger partial charge in [0.15, 0.2) is 11.0 Å². The molecule has 0 aliphatic rings. The summed E-state index contributed by atoms with van der Waals surface area (Å²) < 4.78 is 15.2. The van der Waals surface area contributed by atoms with Gasteiger partial charge in [0.05, 0.1) is 11.3 Å². The molecular formula is C23H27FN4OS. The molecule has 0 saturated heterocycles. The van der Waals surface area contributed by atoms with E-state index in [0.717, 1.165) is 40.6 Å². The Balaban J connectivity index is 1.73. The quantitative estimate of drug-likeness (QED) is 0.506. The van der Waals surface area contributed by atoms with Gasteiger partial charge in [-0.25, -0.2) is 4.39 Å². The van der Waals surface area contributed by atoms with E-state index in [1.165, 1.54) is 23.9 Å².